The van der Waals surface area contributed by atoms with Gasteiger partial charge in [-0.05, 0) is 30.3 Å². The lowest BCUT2D eigenvalue weighted by atomic mass is 10.1. The van der Waals surface area contributed by atoms with Gasteiger partial charge in [-0.15, -0.1) is 0 Å². The van der Waals surface area contributed by atoms with Gasteiger partial charge in [0.25, 0.3) is 5.91 Å². The molecule has 20 heavy (non-hydrogen) atoms. The van der Waals surface area contributed by atoms with E-state index >= 15 is 0 Å². The second-order valence-corrected chi connectivity index (χ2v) is 5.84. The van der Waals surface area contributed by atoms with Crippen molar-refractivity contribution in [1.82, 2.24) is 0 Å². The van der Waals surface area contributed by atoms with Gasteiger partial charge in [-0.1, -0.05) is 12.1 Å². The Morgan fingerprint density at radius 3 is 2.65 bits per heavy atom. The number of nitrogens with zero attached hydrogens (tertiary/aromatic N) is 2. The average molecular weight is 282 g/mol. The number of hydrogen-bond acceptors (Lipinski definition) is 3. The number of anilines is 1. The molecule has 0 saturated heterocycles. The fraction of sp³-hybridized carbons (Fsp3) is 0.0667. The van der Waals surface area contributed by atoms with Gasteiger partial charge in [0.1, 0.15) is 0 Å². The Bertz CT molecular complexity index is 793. The summed E-state index contributed by atoms with van der Waals surface area (Å²) in [5.74, 6) is -0.220. The smallest absolute Gasteiger partial charge is 0.259 e. The minimum atomic E-state index is -1.43. The molecule has 2 aromatic carbocycles. The van der Waals surface area contributed by atoms with Gasteiger partial charge in [-0.25, -0.2) is 4.21 Å². The Hall–Kier alpha value is -2.45. The third-order valence-electron chi connectivity index (χ3n) is 3.27. The van der Waals surface area contributed by atoms with Crippen molar-refractivity contribution in [3.05, 3.63) is 53.6 Å². The van der Waals surface area contributed by atoms with Crippen LogP contribution >= 0.6 is 0 Å². The summed E-state index contributed by atoms with van der Waals surface area (Å²) in [7, 11) is 0.196. The minimum absolute atomic E-state index is 0.220. The molecule has 4 nitrogen and oxygen atoms in total. The number of hydrogen-bond donors (Lipinski definition) is 0. The van der Waals surface area contributed by atoms with Crippen LogP contribution in [0.4, 0.5) is 5.69 Å². The molecule has 0 radical (unpaired) electrons. The van der Waals surface area contributed by atoms with Gasteiger partial charge in [0.2, 0.25) is 0 Å². The Morgan fingerprint density at radius 1 is 1.15 bits per heavy atom. The van der Waals surface area contributed by atoms with E-state index in [4.69, 9.17) is 5.26 Å². The van der Waals surface area contributed by atoms with E-state index < -0.39 is 10.8 Å². The highest BCUT2D eigenvalue weighted by Crippen LogP contribution is 2.34. The van der Waals surface area contributed by atoms with Crippen molar-refractivity contribution in [2.75, 3.05) is 11.9 Å². The zero-order valence-electron chi connectivity index (χ0n) is 10.7. The molecule has 1 atom stereocenters. The number of amides is 1. The van der Waals surface area contributed by atoms with Crippen molar-refractivity contribution in [3.63, 3.8) is 0 Å². The number of benzene rings is 2. The van der Waals surface area contributed by atoms with Gasteiger partial charge in [0.15, 0.2) is 0 Å². The minimum Gasteiger partial charge on any atom is -0.310 e. The van der Waals surface area contributed by atoms with E-state index in [1.165, 1.54) is 4.90 Å². The molecular weight excluding hydrogens is 272 g/mol. The lowest BCUT2D eigenvalue weighted by molar-refractivity contribution is 0.0990. The van der Waals surface area contributed by atoms with Gasteiger partial charge in [0, 0.05) is 7.05 Å². The van der Waals surface area contributed by atoms with Crippen LogP contribution < -0.4 is 4.90 Å². The molecule has 1 aliphatic rings. The van der Waals surface area contributed by atoms with Crippen LogP contribution in [0.3, 0.4) is 0 Å². The van der Waals surface area contributed by atoms with E-state index in [1.54, 1.807) is 49.5 Å². The van der Waals surface area contributed by atoms with Crippen molar-refractivity contribution < 1.29 is 9.00 Å². The van der Waals surface area contributed by atoms with E-state index in [0.717, 1.165) is 0 Å². The van der Waals surface area contributed by atoms with Gasteiger partial charge >= 0.3 is 0 Å². The molecular formula is C15H10N2O2S. The van der Waals surface area contributed by atoms with Crippen LogP contribution in [-0.4, -0.2) is 17.2 Å². The second kappa shape index (κ2) is 4.58. The van der Waals surface area contributed by atoms with Crippen LogP contribution in [0.1, 0.15) is 15.9 Å². The van der Waals surface area contributed by atoms with Crippen molar-refractivity contribution in [2.24, 2.45) is 0 Å². The van der Waals surface area contributed by atoms with Crippen molar-refractivity contribution in [2.45, 2.75) is 9.79 Å². The fourth-order valence-electron chi connectivity index (χ4n) is 2.22. The first-order chi connectivity index (χ1) is 9.63. The third-order valence-corrected chi connectivity index (χ3v) is 4.77. The maximum absolute atomic E-state index is 12.7. The predicted molar refractivity (Wildman–Crippen MR) is 75.0 cm³/mol. The summed E-state index contributed by atoms with van der Waals surface area (Å²) < 4.78 is 12.7. The highest BCUT2D eigenvalue weighted by atomic mass is 32.2. The van der Waals surface area contributed by atoms with Crippen LogP contribution in [0.25, 0.3) is 0 Å². The normalized spacial score (nSPS) is 16.9. The molecule has 0 aromatic heterocycles. The highest BCUT2D eigenvalue weighted by Gasteiger charge is 2.28. The molecule has 3 rings (SSSR count). The first-order valence-corrected chi connectivity index (χ1v) is 7.11. The Kier molecular flexibility index (Phi) is 2.88. The van der Waals surface area contributed by atoms with Crippen LogP contribution in [0.2, 0.25) is 0 Å². The summed E-state index contributed by atoms with van der Waals surface area (Å²) in [6, 6.07) is 13.8. The number of fused-ring (bicyclic) bond motifs is 2. The van der Waals surface area contributed by atoms with Crippen molar-refractivity contribution >= 4 is 22.4 Å². The summed E-state index contributed by atoms with van der Waals surface area (Å²) in [6.07, 6.45) is 0. The summed E-state index contributed by atoms with van der Waals surface area (Å²) in [4.78, 5) is 15.0. The molecule has 0 bridgehead atoms. The van der Waals surface area contributed by atoms with Crippen molar-refractivity contribution in [3.8, 4) is 6.07 Å². The topological polar surface area (TPSA) is 61.2 Å². The van der Waals surface area contributed by atoms with Crippen LogP contribution in [-0.2, 0) is 10.8 Å². The summed E-state index contributed by atoms with van der Waals surface area (Å²) >= 11 is 0. The first kappa shape index (κ1) is 12.6. The monoisotopic (exact) mass is 282 g/mol. The lowest BCUT2D eigenvalue weighted by Crippen LogP contribution is -2.26. The molecule has 0 saturated carbocycles. The second-order valence-electron chi connectivity index (χ2n) is 4.42. The summed E-state index contributed by atoms with van der Waals surface area (Å²) in [6.45, 7) is 0. The van der Waals surface area contributed by atoms with E-state index in [2.05, 4.69) is 0 Å². The molecule has 0 aliphatic carbocycles. The van der Waals surface area contributed by atoms with E-state index in [-0.39, 0.29) is 5.91 Å². The molecule has 0 fully saturated rings. The van der Waals surface area contributed by atoms with Crippen LogP contribution in [0.5, 0.6) is 0 Å². The zero-order chi connectivity index (χ0) is 14.3. The lowest BCUT2D eigenvalue weighted by Gasteiger charge is -2.17. The molecule has 1 aliphatic heterocycles. The van der Waals surface area contributed by atoms with Gasteiger partial charge < -0.3 is 4.90 Å². The number of carbonyl (C=O) groups is 1. The molecule has 1 heterocycles. The molecule has 0 N–H and O–H groups in total. The molecule has 0 spiro atoms. The summed E-state index contributed by atoms with van der Waals surface area (Å²) in [5, 5.41) is 8.97. The maximum atomic E-state index is 12.7. The average Bonchev–Trinajstić information content (AvgIpc) is 2.58. The Balaban J connectivity index is 2.32. The van der Waals surface area contributed by atoms with Crippen LogP contribution in [0, 0.1) is 11.3 Å². The predicted octanol–water partition coefficient (Wildman–Crippen LogP) is 2.31. The van der Waals surface area contributed by atoms with E-state index in [0.29, 0.717) is 26.6 Å². The summed E-state index contributed by atoms with van der Waals surface area (Å²) in [5.41, 5.74) is 1.39. The fourth-order valence-corrected chi connectivity index (χ4v) is 3.59. The number of nitriles is 1. The Morgan fingerprint density at radius 2 is 1.90 bits per heavy atom. The van der Waals surface area contributed by atoms with Gasteiger partial charge in [0.05, 0.1) is 43.5 Å². The number of rotatable bonds is 0. The maximum Gasteiger partial charge on any atom is 0.259 e. The molecule has 1 amide bonds. The van der Waals surface area contributed by atoms with Gasteiger partial charge in [-0.3, -0.25) is 4.79 Å². The number of carbonyl (C=O) groups excluding carboxylic acids is 1. The highest BCUT2D eigenvalue weighted by molar-refractivity contribution is 7.85. The molecule has 5 heteroatoms. The third kappa shape index (κ3) is 1.74. The zero-order valence-corrected chi connectivity index (χ0v) is 11.5. The quantitative estimate of drug-likeness (QED) is 0.745. The van der Waals surface area contributed by atoms with Gasteiger partial charge in [-0.2, -0.15) is 5.26 Å². The standard InChI is InChI=1S/C15H10N2O2S/c1-17-12-8-10(9-16)6-7-14(12)20(19)13-5-3-2-4-11(13)15(17)18/h2-8H,1H3. The van der Waals surface area contributed by atoms with Crippen LogP contribution in [0.15, 0.2) is 52.3 Å². The SMILES string of the molecule is CN1C(=O)c2ccccc2S(=O)c2ccc(C#N)cc21. The molecule has 98 valence electrons. The van der Waals surface area contributed by atoms with E-state index in [1.807, 2.05) is 6.07 Å². The Labute approximate surface area is 118 Å². The first-order valence-electron chi connectivity index (χ1n) is 5.96. The molecule has 2 aromatic rings. The largest absolute Gasteiger partial charge is 0.310 e. The van der Waals surface area contributed by atoms with Crippen molar-refractivity contribution in [1.29, 1.82) is 5.26 Å². The molecule has 1 unspecified atom stereocenters. The van der Waals surface area contributed by atoms with E-state index in [9.17, 15) is 9.00 Å².